The summed E-state index contributed by atoms with van der Waals surface area (Å²) in [5, 5.41) is 6.05. The molecule has 1 aliphatic heterocycles. The molecule has 0 saturated carbocycles. The smallest absolute Gasteiger partial charge is 0.314 e. The van der Waals surface area contributed by atoms with Crippen LogP contribution in [0.5, 0.6) is 0 Å². The summed E-state index contributed by atoms with van der Waals surface area (Å²) in [6, 6.07) is 0.610. The molecule has 1 unspecified atom stereocenters. The Morgan fingerprint density at radius 3 is 2.91 bits per heavy atom. The molecule has 2 N–H and O–H groups in total. The number of urea groups is 1. The molecule has 0 spiro atoms. The first-order valence-electron chi connectivity index (χ1n) is 9.09. The minimum Gasteiger partial charge on any atom is -0.338 e. The Morgan fingerprint density at radius 1 is 1.32 bits per heavy atom. The second kappa shape index (κ2) is 9.19. The molecule has 0 aromatic carbocycles. The zero-order chi connectivity index (χ0) is 15.8. The number of hydrogen-bond donors (Lipinski definition) is 2. The summed E-state index contributed by atoms with van der Waals surface area (Å²) in [6.45, 7) is 8.39. The minimum absolute atomic E-state index is 0.00178. The molecule has 126 valence electrons. The van der Waals surface area contributed by atoms with E-state index in [0.29, 0.717) is 12.0 Å². The molecule has 1 atom stereocenters. The van der Waals surface area contributed by atoms with Crippen LogP contribution >= 0.6 is 0 Å². The Hall–Kier alpha value is -1.03. The van der Waals surface area contributed by atoms with E-state index in [1.165, 1.54) is 50.6 Å². The molecular weight excluding hydrogens is 274 g/mol. The Kier molecular flexibility index (Phi) is 7.23. The van der Waals surface area contributed by atoms with Crippen molar-refractivity contribution >= 4 is 6.03 Å². The number of amides is 2. The molecule has 1 saturated heterocycles. The SMILES string of the molecule is CC(C)N1CCCC(CNC(=O)NCCC2=CCCCC2)C1. The maximum absolute atomic E-state index is 11.9. The van der Waals surface area contributed by atoms with Gasteiger partial charge in [-0.1, -0.05) is 11.6 Å². The highest BCUT2D eigenvalue weighted by atomic mass is 16.2. The standard InChI is InChI=1S/C18H33N3O/c1-15(2)21-12-6-9-17(14-21)13-20-18(22)19-11-10-16-7-4-3-5-8-16/h7,15,17H,3-6,8-14H2,1-2H3,(H2,19,20,22). The first kappa shape index (κ1) is 17.3. The number of carbonyl (C=O) groups excluding carboxylic acids is 1. The van der Waals surface area contributed by atoms with Gasteiger partial charge in [0.2, 0.25) is 0 Å². The fourth-order valence-corrected chi connectivity index (χ4v) is 3.50. The molecule has 0 aromatic heterocycles. The van der Waals surface area contributed by atoms with Crippen molar-refractivity contribution in [2.45, 2.75) is 64.8 Å². The van der Waals surface area contributed by atoms with Crippen LogP contribution in [0.15, 0.2) is 11.6 Å². The van der Waals surface area contributed by atoms with Crippen molar-refractivity contribution in [3.05, 3.63) is 11.6 Å². The van der Waals surface area contributed by atoms with Crippen molar-refractivity contribution in [3.8, 4) is 0 Å². The van der Waals surface area contributed by atoms with Crippen LogP contribution in [0.25, 0.3) is 0 Å². The van der Waals surface area contributed by atoms with E-state index in [9.17, 15) is 4.79 Å². The molecule has 0 radical (unpaired) electrons. The summed E-state index contributed by atoms with van der Waals surface area (Å²) in [7, 11) is 0. The first-order chi connectivity index (χ1) is 10.6. The second-order valence-electron chi connectivity index (χ2n) is 7.09. The van der Waals surface area contributed by atoms with Gasteiger partial charge in [-0.15, -0.1) is 0 Å². The topological polar surface area (TPSA) is 44.4 Å². The molecule has 2 rings (SSSR count). The van der Waals surface area contributed by atoms with Gasteiger partial charge in [0.1, 0.15) is 0 Å². The summed E-state index contributed by atoms with van der Waals surface area (Å²) >= 11 is 0. The van der Waals surface area contributed by atoms with Gasteiger partial charge in [-0.2, -0.15) is 0 Å². The number of carbonyl (C=O) groups is 1. The predicted molar refractivity (Wildman–Crippen MR) is 92.0 cm³/mol. The number of allylic oxidation sites excluding steroid dienone is 1. The van der Waals surface area contributed by atoms with Gasteiger partial charge < -0.3 is 15.5 Å². The van der Waals surface area contributed by atoms with Crippen LogP contribution in [0.4, 0.5) is 4.79 Å². The maximum Gasteiger partial charge on any atom is 0.314 e. The highest BCUT2D eigenvalue weighted by Crippen LogP contribution is 2.19. The number of nitrogens with one attached hydrogen (secondary N) is 2. The van der Waals surface area contributed by atoms with Crippen LogP contribution in [0.3, 0.4) is 0 Å². The fourth-order valence-electron chi connectivity index (χ4n) is 3.50. The Labute approximate surface area is 135 Å². The lowest BCUT2D eigenvalue weighted by atomic mass is 9.97. The molecule has 22 heavy (non-hydrogen) atoms. The highest BCUT2D eigenvalue weighted by Gasteiger charge is 2.21. The van der Waals surface area contributed by atoms with E-state index in [-0.39, 0.29) is 6.03 Å². The Balaban J connectivity index is 1.58. The van der Waals surface area contributed by atoms with Gasteiger partial charge in [0.25, 0.3) is 0 Å². The highest BCUT2D eigenvalue weighted by molar-refractivity contribution is 5.73. The van der Waals surface area contributed by atoms with Crippen LogP contribution in [0.1, 0.15) is 58.8 Å². The van der Waals surface area contributed by atoms with Crippen LogP contribution in [0, 0.1) is 5.92 Å². The number of likely N-dealkylation sites (tertiary alicyclic amines) is 1. The zero-order valence-electron chi connectivity index (χ0n) is 14.4. The van der Waals surface area contributed by atoms with Crippen molar-refractivity contribution in [2.75, 3.05) is 26.2 Å². The molecule has 4 nitrogen and oxygen atoms in total. The third-order valence-electron chi connectivity index (χ3n) is 4.95. The Morgan fingerprint density at radius 2 is 2.18 bits per heavy atom. The fraction of sp³-hybridized carbons (Fsp3) is 0.833. The summed E-state index contributed by atoms with van der Waals surface area (Å²) in [6.07, 6.45) is 10.9. The average molecular weight is 307 g/mol. The summed E-state index contributed by atoms with van der Waals surface area (Å²) in [5.74, 6) is 0.600. The number of hydrogen-bond acceptors (Lipinski definition) is 2. The van der Waals surface area contributed by atoms with E-state index >= 15 is 0 Å². The quantitative estimate of drug-likeness (QED) is 0.740. The van der Waals surface area contributed by atoms with Gasteiger partial charge in [0.05, 0.1) is 0 Å². The summed E-state index contributed by atoms with van der Waals surface area (Å²) in [4.78, 5) is 14.4. The molecule has 2 aliphatic rings. The van der Waals surface area contributed by atoms with Gasteiger partial charge in [0, 0.05) is 25.7 Å². The number of nitrogens with zero attached hydrogens (tertiary/aromatic N) is 1. The molecular formula is C18H33N3O. The summed E-state index contributed by atoms with van der Waals surface area (Å²) < 4.78 is 0. The maximum atomic E-state index is 11.9. The van der Waals surface area contributed by atoms with Crippen molar-refractivity contribution in [2.24, 2.45) is 5.92 Å². The predicted octanol–water partition coefficient (Wildman–Crippen LogP) is 3.30. The van der Waals surface area contributed by atoms with Gasteiger partial charge in [-0.25, -0.2) is 4.79 Å². The summed E-state index contributed by atoms with van der Waals surface area (Å²) in [5.41, 5.74) is 1.52. The normalized spacial score (nSPS) is 23.2. The number of rotatable bonds is 6. The van der Waals surface area contributed by atoms with Crippen molar-refractivity contribution in [1.29, 1.82) is 0 Å². The van der Waals surface area contributed by atoms with E-state index in [1.54, 1.807) is 0 Å². The monoisotopic (exact) mass is 307 g/mol. The molecule has 0 aromatic rings. The molecule has 1 fully saturated rings. The van der Waals surface area contributed by atoms with Crippen molar-refractivity contribution < 1.29 is 4.79 Å². The molecule has 0 bridgehead atoms. The average Bonchev–Trinajstić information content (AvgIpc) is 2.54. The van der Waals surface area contributed by atoms with Crippen molar-refractivity contribution in [1.82, 2.24) is 15.5 Å². The van der Waals surface area contributed by atoms with E-state index < -0.39 is 0 Å². The lowest BCUT2D eigenvalue weighted by Gasteiger charge is -2.35. The van der Waals surface area contributed by atoms with E-state index in [0.717, 1.165) is 26.1 Å². The van der Waals surface area contributed by atoms with Gasteiger partial charge >= 0.3 is 6.03 Å². The van der Waals surface area contributed by atoms with Gasteiger partial charge in [0.15, 0.2) is 0 Å². The van der Waals surface area contributed by atoms with Crippen LogP contribution in [-0.4, -0.2) is 43.2 Å². The lowest BCUT2D eigenvalue weighted by Crippen LogP contribution is -2.45. The molecule has 1 heterocycles. The van der Waals surface area contributed by atoms with E-state index in [1.807, 2.05) is 0 Å². The zero-order valence-corrected chi connectivity index (χ0v) is 14.4. The van der Waals surface area contributed by atoms with Crippen LogP contribution in [0.2, 0.25) is 0 Å². The van der Waals surface area contributed by atoms with Crippen molar-refractivity contribution in [3.63, 3.8) is 0 Å². The minimum atomic E-state index is -0.00178. The number of piperidine rings is 1. The van der Waals surface area contributed by atoms with Gasteiger partial charge in [-0.3, -0.25) is 0 Å². The molecule has 4 heteroatoms. The van der Waals surface area contributed by atoms with Crippen LogP contribution in [-0.2, 0) is 0 Å². The molecule has 2 amide bonds. The molecule has 1 aliphatic carbocycles. The third kappa shape index (κ3) is 5.99. The first-order valence-corrected chi connectivity index (χ1v) is 9.09. The Bertz CT molecular complexity index is 379. The second-order valence-corrected chi connectivity index (χ2v) is 7.09. The van der Waals surface area contributed by atoms with Gasteiger partial charge in [-0.05, 0) is 71.3 Å². The third-order valence-corrected chi connectivity index (χ3v) is 4.95. The van der Waals surface area contributed by atoms with Crippen LogP contribution < -0.4 is 10.6 Å². The van der Waals surface area contributed by atoms with E-state index in [4.69, 9.17) is 0 Å². The lowest BCUT2D eigenvalue weighted by molar-refractivity contribution is 0.139. The van der Waals surface area contributed by atoms with E-state index in [2.05, 4.69) is 35.5 Å². The largest absolute Gasteiger partial charge is 0.338 e.